The highest BCUT2D eigenvalue weighted by atomic mass is 16.5. The van der Waals surface area contributed by atoms with Gasteiger partial charge in [0, 0.05) is 24.6 Å². The van der Waals surface area contributed by atoms with Crippen LogP contribution in [0.25, 0.3) is 0 Å². The van der Waals surface area contributed by atoms with E-state index < -0.39 is 12.1 Å². The summed E-state index contributed by atoms with van der Waals surface area (Å²) in [5.41, 5.74) is 2.21. The Hall–Kier alpha value is -2.15. The molecule has 7 nitrogen and oxygen atoms in total. The lowest BCUT2D eigenvalue weighted by molar-refractivity contribution is -0.121. The Bertz CT molecular complexity index is 452. The van der Waals surface area contributed by atoms with Crippen molar-refractivity contribution in [3.8, 4) is 0 Å². The highest BCUT2D eigenvalue weighted by Gasteiger charge is 2.31. The smallest absolute Gasteiger partial charge is 0.324 e. The van der Waals surface area contributed by atoms with Gasteiger partial charge in [-0.05, 0) is 31.4 Å². The van der Waals surface area contributed by atoms with E-state index >= 15 is 0 Å². The van der Waals surface area contributed by atoms with E-state index in [-0.39, 0.29) is 5.91 Å². The second-order valence-electron chi connectivity index (χ2n) is 4.35. The van der Waals surface area contributed by atoms with Crippen LogP contribution in [0.1, 0.15) is 19.3 Å². The summed E-state index contributed by atoms with van der Waals surface area (Å²) in [7, 11) is 0. The predicted molar refractivity (Wildman–Crippen MR) is 67.5 cm³/mol. The van der Waals surface area contributed by atoms with Gasteiger partial charge in [0.1, 0.15) is 6.04 Å². The Labute approximate surface area is 110 Å². The Balaban J connectivity index is 2.05. The van der Waals surface area contributed by atoms with Crippen LogP contribution < -0.4 is 10.8 Å². The lowest BCUT2D eigenvalue weighted by Crippen LogP contribution is -2.52. The molecule has 3 N–H and O–H groups in total. The molecule has 0 radical (unpaired) electrons. The summed E-state index contributed by atoms with van der Waals surface area (Å²) in [6.45, 7) is 0.459. The molecule has 0 unspecified atom stereocenters. The molecule has 1 aliphatic heterocycles. The summed E-state index contributed by atoms with van der Waals surface area (Å²) in [4.78, 5) is 28.9. The SMILES string of the molecule is O=C(Nc1ccncc1)[C@@H]1CCCCN1C(=O)NO. The van der Waals surface area contributed by atoms with E-state index in [9.17, 15) is 9.59 Å². The van der Waals surface area contributed by atoms with Gasteiger partial charge < -0.3 is 10.2 Å². The Morgan fingerprint density at radius 2 is 2.05 bits per heavy atom. The first kappa shape index (κ1) is 13.3. The minimum Gasteiger partial charge on any atom is -0.324 e. The first-order valence-corrected chi connectivity index (χ1v) is 6.14. The summed E-state index contributed by atoms with van der Waals surface area (Å²) in [5.74, 6) is -0.255. The van der Waals surface area contributed by atoms with E-state index in [1.54, 1.807) is 30.0 Å². The van der Waals surface area contributed by atoms with E-state index in [1.807, 2.05) is 0 Å². The number of aromatic nitrogens is 1. The number of amides is 3. The Morgan fingerprint density at radius 3 is 2.74 bits per heavy atom. The van der Waals surface area contributed by atoms with Crippen LogP contribution in [0.5, 0.6) is 0 Å². The van der Waals surface area contributed by atoms with Crippen molar-refractivity contribution < 1.29 is 14.8 Å². The van der Waals surface area contributed by atoms with E-state index in [1.165, 1.54) is 4.90 Å². The predicted octanol–water partition coefficient (Wildman–Crippen LogP) is 0.973. The van der Waals surface area contributed by atoms with Crippen molar-refractivity contribution in [1.29, 1.82) is 0 Å². The standard InChI is InChI=1S/C12H16N4O3/c17-11(14-9-4-6-13-7-5-9)10-3-1-2-8-16(10)12(18)15-19/h4-7,10,19H,1-3,8H2,(H,15,18)(H,13,14,17)/t10-/m0/s1. The van der Waals surface area contributed by atoms with Crippen molar-refractivity contribution >= 4 is 17.6 Å². The molecule has 1 fully saturated rings. The zero-order valence-corrected chi connectivity index (χ0v) is 10.4. The molecular weight excluding hydrogens is 248 g/mol. The van der Waals surface area contributed by atoms with Crippen molar-refractivity contribution in [3.63, 3.8) is 0 Å². The van der Waals surface area contributed by atoms with Crippen molar-refractivity contribution in [2.24, 2.45) is 0 Å². The van der Waals surface area contributed by atoms with Gasteiger partial charge in [0.05, 0.1) is 0 Å². The van der Waals surface area contributed by atoms with E-state index in [0.29, 0.717) is 18.7 Å². The van der Waals surface area contributed by atoms with Crippen LogP contribution in [0.2, 0.25) is 0 Å². The van der Waals surface area contributed by atoms with Crippen LogP contribution in [0, 0.1) is 0 Å². The van der Waals surface area contributed by atoms with Crippen LogP contribution in [0.3, 0.4) is 0 Å². The molecule has 19 heavy (non-hydrogen) atoms. The Morgan fingerprint density at radius 1 is 1.32 bits per heavy atom. The topological polar surface area (TPSA) is 94.6 Å². The summed E-state index contributed by atoms with van der Waals surface area (Å²) >= 11 is 0. The molecule has 1 aliphatic rings. The van der Waals surface area contributed by atoms with Crippen LogP contribution in [0.4, 0.5) is 10.5 Å². The molecule has 1 aromatic rings. The zero-order valence-electron chi connectivity index (χ0n) is 10.4. The maximum Gasteiger partial charge on any atom is 0.341 e. The monoisotopic (exact) mass is 264 g/mol. The number of nitrogens with one attached hydrogen (secondary N) is 2. The molecule has 2 rings (SSSR count). The molecule has 102 valence electrons. The van der Waals surface area contributed by atoms with E-state index in [2.05, 4.69) is 10.3 Å². The van der Waals surface area contributed by atoms with Crippen molar-refractivity contribution in [1.82, 2.24) is 15.4 Å². The molecule has 0 spiro atoms. The summed E-state index contributed by atoms with van der Waals surface area (Å²) in [5, 5.41) is 11.4. The third-order valence-electron chi connectivity index (χ3n) is 3.11. The number of nitrogens with zero attached hydrogens (tertiary/aromatic N) is 2. The molecule has 3 amide bonds. The van der Waals surface area contributed by atoms with Crippen molar-refractivity contribution in [3.05, 3.63) is 24.5 Å². The number of hydroxylamine groups is 1. The molecule has 0 saturated carbocycles. The number of anilines is 1. The van der Waals surface area contributed by atoms with Gasteiger partial charge in [0.15, 0.2) is 0 Å². The second-order valence-corrected chi connectivity index (χ2v) is 4.35. The number of hydrogen-bond acceptors (Lipinski definition) is 4. The molecule has 7 heteroatoms. The van der Waals surface area contributed by atoms with Crippen molar-refractivity contribution in [2.75, 3.05) is 11.9 Å². The first-order valence-electron chi connectivity index (χ1n) is 6.14. The first-order chi connectivity index (χ1) is 9.22. The normalized spacial score (nSPS) is 18.8. The minimum atomic E-state index is -0.644. The van der Waals surface area contributed by atoms with Gasteiger partial charge in [0.2, 0.25) is 5.91 Å². The molecule has 1 saturated heterocycles. The van der Waals surface area contributed by atoms with Gasteiger partial charge in [0.25, 0.3) is 0 Å². The third-order valence-corrected chi connectivity index (χ3v) is 3.11. The molecule has 0 bridgehead atoms. The number of piperidine rings is 1. The van der Waals surface area contributed by atoms with Gasteiger partial charge in [-0.25, -0.2) is 10.3 Å². The number of urea groups is 1. The molecule has 1 aromatic heterocycles. The number of pyridine rings is 1. The fourth-order valence-electron chi connectivity index (χ4n) is 2.17. The molecule has 0 aliphatic carbocycles. The fourth-order valence-corrected chi connectivity index (χ4v) is 2.17. The number of likely N-dealkylation sites (tertiary alicyclic amines) is 1. The van der Waals surface area contributed by atoms with E-state index in [0.717, 1.165) is 12.8 Å². The van der Waals surface area contributed by atoms with Crippen LogP contribution >= 0.6 is 0 Å². The lowest BCUT2D eigenvalue weighted by atomic mass is 10.0. The van der Waals surface area contributed by atoms with Crippen LogP contribution in [-0.2, 0) is 4.79 Å². The zero-order chi connectivity index (χ0) is 13.7. The number of rotatable bonds is 2. The third kappa shape index (κ3) is 3.19. The molecule has 0 aromatic carbocycles. The Kier molecular flexibility index (Phi) is 4.30. The summed E-state index contributed by atoms with van der Waals surface area (Å²) in [6.07, 6.45) is 5.45. The maximum absolute atomic E-state index is 12.2. The fraction of sp³-hybridized carbons (Fsp3) is 0.417. The average Bonchev–Trinajstić information content (AvgIpc) is 2.47. The van der Waals surface area contributed by atoms with Gasteiger partial charge in [-0.3, -0.25) is 15.0 Å². The van der Waals surface area contributed by atoms with Gasteiger partial charge in [-0.2, -0.15) is 0 Å². The van der Waals surface area contributed by atoms with Gasteiger partial charge in [-0.1, -0.05) is 0 Å². The largest absolute Gasteiger partial charge is 0.341 e. The maximum atomic E-state index is 12.2. The van der Waals surface area contributed by atoms with Crippen LogP contribution in [-0.4, -0.2) is 39.6 Å². The lowest BCUT2D eigenvalue weighted by Gasteiger charge is -2.33. The second kappa shape index (κ2) is 6.14. The number of hydrogen-bond donors (Lipinski definition) is 3. The summed E-state index contributed by atoms with van der Waals surface area (Å²) in [6, 6.07) is 2.15. The van der Waals surface area contributed by atoms with E-state index in [4.69, 9.17) is 5.21 Å². The molecular formula is C12H16N4O3. The average molecular weight is 264 g/mol. The highest BCUT2D eigenvalue weighted by Crippen LogP contribution is 2.18. The molecule has 1 atom stereocenters. The van der Waals surface area contributed by atoms with Crippen molar-refractivity contribution in [2.45, 2.75) is 25.3 Å². The number of carbonyl (C=O) groups is 2. The summed E-state index contributed by atoms with van der Waals surface area (Å²) < 4.78 is 0. The highest BCUT2D eigenvalue weighted by molar-refractivity contribution is 5.96. The number of carbonyl (C=O) groups excluding carboxylic acids is 2. The van der Waals surface area contributed by atoms with Crippen LogP contribution in [0.15, 0.2) is 24.5 Å². The molecule has 2 heterocycles. The minimum absolute atomic E-state index is 0.255. The van der Waals surface area contributed by atoms with Gasteiger partial charge >= 0.3 is 6.03 Å². The quantitative estimate of drug-likeness (QED) is 0.548. The van der Waals surface area contributed by atoms with Gasteiger partial charge in [-0.15, -0.1) is 0 Å².